The van der Waals surface area contributed by atoms with Gasteiger partial charge in [0.1, 0.15) is 0 Å². The van der Waals surface area contributed by atoms with Crippen molar-refractivity contribution in [1.29, 1.82) is 0 Å². The van der Waals surface area contributed by atoms with Gasteiger partial charge in [-0.2, -0.15) is 10.0 Å². The van der Waals surface area contributed by atoms with E-state index >= 15 is 0 Å². The molecular weight excluding hydrogens is 1530 g/mol. The van der Waals surface area contributed by atoms with Crippen molar-refractivity contribution in [1.82, 2.24) is 85.2 Å². The van der Waals surface area contributed by atoms with Crippen LogP contribution < -0.4 is 9.44 Å². The molecule has 0 unspecified atom stereocenters. The molecule has 0 spiro atoms. The van der Waals surface area contributed by atoms with E-state index in [2.05, 4.69) is 206 Å². The van der Waals surface area contributed by atoms with Crippen molar-refractivity contribution in [2.75, 3.05) is 84.5 Å². The largest absolute Gasteiger partial charge is 0.303 e. The second-order valence-corrected chi connectivity index (χ2v) is 33.9. The van der Waals surface area contributed by atoms with Gasteiger partial charge in [0.15, 0.2) is 17.5 Å². The van der Waals surface area contributed by atoms with Crippen LogP contribution in [-0.4, -0.2) is 177 Å². The van der Waals surface area contributed by atoms with E-state index in [-0.39, 0.29) is 40.8 Å². The molecule has 0 radical (unpaired) electrons. The third-order valence-corrected chi connectivity index (χ3v) is 25.0. The minimum atomic E-state index is -3.31. The van der Waals surface area contributed by atoms with Gasteiger partial charge in [0.05, 0.1) is 41.8 Å². The monoisotopic (exact) mass is 1630 g/mol. The molecule has 0 bridgehead atoms. The fourth-order valence-electron chi connectivity index (χ4n) is 17.1. The van der Waals surface area contributed by atoms with Crippen LogP contribution in [0.25, 0.3) is 14.5 Å². The lowest BCUT2D eigenvalue weighted by Gasteiger charge is -2.41. The number of piperidine rings is 3. The van der Waals surface area contributed by atoms with Gasteiger partial charge >= 0.3 is 0 Å². The number of sulfonamides is 2. The van der Waals surface area contributed by atoms with E-state index in [1.807, 2.05) is 152 Å². The maximum atomic E-state index is 11.6. The summed E-state index contributed by atoms with van der Waals surface area (Å²) in [5.74, 6) is 2.18. The number of rotatable bonds is 29. The quantitative estimate of drug-likeness (QED) is 0.0368. The first-order chi connectivity index (χ1) is 56.5. The van der Waals surface area contributed by atoms with Crippen LogP contribution in [0.5, 0.6) is 0 Å². The molecule has 3 aliphatic heterocycles. The molecule has 24 nitrogen and oxygen atoms in total. The molecule has 3 aromatic heterocycles. The molecule has 3 N–H and O–H groups in total. The molecule has 0 saturated carbocycles. The second kappa shape index (κ2) is 41.2. The number of H-pyrrole nitrogens is 1. The van der Waals surface area contributed by atoms with Crippen LogP contribution in [0.2, 0.25) is 0 Å². The fraction of sp³-hybridized carbons (Fsp3) is 0.355. The highest BCUT2D eigenvalue weighted by Gasteiger charge is 2.49. The number of aromatic nitrogens is 12. The Morgan fingerprint density at radius 2 is 0.672 bits per heavy atom. The molecule has 618 valence electrons. The molecule has 15 rings (SSSR count). The van der Waals surface area contributed by atoms with Gasteiger partial charge in [0.25, 0.3) is 16.6 Å². The van der Waals surface area contributed by atoms with Crippen LogP contribution in [0.15, 0.2) is 273 Å². The maximum absolute atomic E-state index is 11.6. The highest BCUT2D eigenvalue weighted by Crippen LogP contribution is 2.46. The molecule has 12 aromatic rings. The van der Waals surface area contributed by atoms with Crippen LogP contribution in [0, 0.1) is 19.7 Å². The van der Waals surface area contributed by atoms with Crippen molar-refractivity contribution in [3.8, 4) is 0 Å². The lowest BCUT2D eigenvalue weighted by molar-refractivity contribution is 0.164. The standard InChI is InChI=1S/2C31H35N7O2S.C28H28N6.3CH4/c1-32-31(27-14-8-4-9-15-27,28-16-10-5-11-17-28)20-24-37-22-18-30(19-23-37,26-12-6-3-7-13-26)29-34-35-36-38(29)25-21-33-41(2,39)40;1-32-31(27-14-8-4-9-15-27,28-16-10-5-11-17-28)20-24-37-22-18-30(19-23-37,26-12-6-3-7-13-26)29-34-36-38(35-29)25-21-33-41(2,39)40;1-29-28(24-13-7-3-8-14-24,25-15-9-4-10-16-25)19-22-34-20-17-27(18-21-34,26-30-32-33-31-26)23-11-5-2-6-12-23;;;/h2*3-17,33H,18-25H2,2H3;2-16H,17-22H2,(H,30,31,32,33);3*1H4. The minimum Gasteiger partial charge on any atom is -0.303 e. The van der Waals surface area contributed by atoms with Crippen LogP contribution in [0.3, 0.4) is 0 Å². The zero-order valence-electron chi connectivity index (χ0n) is 65.6. The number of hydrogen-bond acceptors (Lipinski definition) is 16. The van der Waals surface area contributed by atoms with Gasteiger partial charge in [-0.15, -0.1) is 25.5 Å². The fourth-order valence-corrected chi connectivity index (χ4v) is 18.0. The Balaban J connectivity index is 0.000000186. The molecule has 6 heterocycles. The number of tetrazole rings is 3. The lowest BCUT2D eigenvalue weighted by Crippen LogP contribution is -2.46. The van der Waals surface area contributed by atoms with E-state index in [1.54, 1.807) is 4.68 Å². The highest BCUT2D eigenvalue weighted by atomic mass is 32.2. The van der Waals surface area contributed by atoms with E-state index < -0.39 is 47.5 Å². The van der Waals surface area contributed by atoms with E-state index in [0.29, 0.717) is 31.8 Å². The minimum absolute atomic E-state index is 0. The van der Waals surface area contributed by atoms with Gasteiger partial charge in [-0.3, -0.25) is 14.5 Å². The summed E-state index contributed by atoms with van der Waals surface area (Å²) in [5, 5.41) is 41.3. The summed E-state index contributed by atoms with van der Waals surface area (Å²) in [5.41, 5.74) is 6.48. The van der Waals surface area contributed by atoms with Crippen molar-refractivity contribution < 1.29 is 16.8 Å². The van der Waals surface area contributed by atoms with Gasteiger partial charge in [0, 0.05) is 85.4 Å². The summed E-state index contributed by atoms with van der Waals surface area (Å²) < 4.78 is 52.8. The van der Waals surface area contributed by atoms with Crippen LogP contribution >= 0.6 is 0 Å². The smallest absolute Gasteiger partial charge is 0.283 e. The molecule has 3 aliphatic rings. The number of nitrogens with zero attached hydrogens (tertiary/aromatic N) is 17. The van der Waals surface area contributed by atoms with E-state index in [1.165, 1.54) is 10.4 Å². The predicted molar refractivity (Wildman–Crippen MR) is 469 cm³/mol. The van der Waals surface area contributed by atoms with Crippen molar-refractivity contribution in [3.63, 3.8) is 0 Å². The third-order valence-electron chi connectivity index (χ3n) is 23.5. The average molecular weight is 1640 g/mol. The van der Waals surface area contributed by atoms with Crippen molar-refractivity contribution >= 4 is 20.0 Å². The lowest BCUT2D eigenvalue weighted by atomic mass is 9.71. The van der Waals surface area contributed by atoms with Gasteiger partial charge < -0.3 is 14.7 Å². The number of benzene rings is 9. The molecule has 26 heteroatoms. The van der Waals surface area contributed by atoms with Crippen LogP contribution in [0.1, 0.15) is 148 Å². The summed E-state index contributed by atoms with van der Waals surface area (Å²) in [6, 6.07) is 92.1. The molecule has 0 amide bonds. The van der Waals surface area contributed by atoms with E-state index in [0.717, 1.165) is 173 Å². The van der Waals surface area contributed by atoms with E-state index in [4.69, 9.17) is 24.8 Å². The highest BCUT2D eigenvalue weighted by molar-refractivity contribution is 7.89. The van der Waals surface area contributed by atoms with E-state index in [9.17, 15) is 16.8 Å². The summed E-state index contributed by atoms with van der Waals surface area (Å²) in [4.78, 5) is 21.6. The van der Waals surface area contributed by atoms with Gasteiger partial charge in [-0.05, 0) is 110 Å². The topological polar surface area (TPSA) is 257 Å². The number of likely N-dealkylation sites (tertiary alicyclic amines) is 3. The predicted octanol–water partition coefficient (Wildman–Crippen LogP) is 14.5. The zero-order chi connectivity index (χ0) is 80.8. The molecule has 119 heavy (non-hydrogen) atoms. The first-order valence-corrected chi connectivity index (χ1v) is 43.3. The first kappa shape index (κ1) is 89.7. The number of hydrogen-bond donors (Lipinski definition) is 3. The molecule has 3 fully saturated rings. The van der Waals surface area contributed by atoms with Crippen LogP contribution in [-0.2, 0) is 66.0 Å². The number of aromatic amines is 1. The van der Waals surface area contributed by atoms with Gasteiger partial charge in [-0.1, -0.05) is 300 Å². The Morgan fingerprint density at radius 3 is 0.975 bits per heavy atom. The molecule has 3 saturated heterocycles. The Labute approximate surface area is 703 Å². The van der Waals surface area contributed by atoms with Gasteiger partial charge in [-0.25, -0.2) is 50.7 Å². The Kier molecular flexibility index (Phi) is 31.0. The second-order valence-electron chi connectivity index (χ2n) is 30.2. The normalized spacial score (nSPS) is 15.5. The molecule has 0 aliphatic carbocycles. The summed E-state index contributed by atoms with van der Waals surface area (Å²) in [7, 11) is -6.60. The summed E-state index contributed by atoms with van der Waals surface area (Å²) in [6.45, 7) is 33.5. The maximum Gasteiger partial charge on any atom is 0.283 e. The first-order valence-electron chi connectivity index (χ1n) is 39.5. The molecule has 9 aromatic carbocycles. The Hall–Kier alpha value is -11.6. The van der Waals surface area contributed by atoms with Gasteiger partial charge in [0.2, 0.25) is 20.0 Å². The van der Waals surface area contributed by atoms with Crippen molar-refractivity contribution in [2.24, 2.45) is 0 Å². The Morgan fingerprint density at radius 1 is 0.378 bits per heavy atom. The van der Waals surface area contributed by atoms with Crippen LogP contribution in [0.4, 0.5) is 0 Å². The number of nitrogens with one attached hydrogen (secondary N) is 3. The Bertz CT molecular complexity index is 5290. The molecule has 0 atom stereocenters. The average Bonchev–Trinajstić information content (AvgIpc) is 1.62. The third kappa shape index (κ3) is 20.9. The van der Waals surface area contributed by atoms with Crippen molar-refractivity contribution in [3.05, 3.63) is 375 Å². The van der Waals surface area contributed by atoms with Crippen molar-refractivity contribution in [2.45, 2.75) is 126 Å². The summed E-state index contributed by atoms with van der Waals surface area (Å²) >= 11 is 0. The SMILES string of the molecule is C.C.C.[C-]#[N+]C(CCN1CCC(c2ccccc2)(c2nn[nH]n2)CC1)(c1ccccc1)c1ccccc1.[C-]#[N+]C(CCN1CCC(c2ccccc2)(c2nnn(CCNS(C)(=O)=O)n2)CC1)(c1ccccc1)c1ccccc1.[C-]#[N+]C(CCN1CCC(c2ccccc2)(c2nnnn2CCNS(C)(=O)=O)CC1)(c1ccccc1)c1ccccc1. The zero-order valence-corrected chi connectivity index (χ0v) is 67.2. The molecular formula is C93H110N20O4S2. The summed E-state index contributed by atoms with van der Waals surface area (Å²) in [6.07, 6.45) is 9.44.